The van der Waals surface area contributed by atoms with E-state index in [4.69, 9.17) is 5.73 Å². The number of piperidine rings is 1. The van der Waals surface area contributed by atoms with Gasteiger partial charge in [-0.2, -0.15) is 0 Å². The topological polar surface area (TPSA) is 29.3 Å². The Hall–Kier alpha value is -2.42. The van der Waals surface area contributed by atoms with Crippen LogP contribution in [-0.2, 0) is 0 Å². The van der Waals surface area contributed by atoms with Gasteiger partial charge in [0.2, 0.25) is 0 Å². The van der Waals surface area contributed by atoms with E-state index in [1.54, 1.807) is 0 Å². The molecule has 4 unspecified atom stereocenters. The number of nitrogens with zero attached hydrogens (tertiary/aromatic N) is 1. The van der Waals surface area contributed by atoms with Crippen LogP contribution in [0.5, 0.6) is 0 Å². The van der Waals surface area contributed by atoms with E-state index in [9.17, 15) is 0 Å². The Bertz CT molecular complexity index is 817. The first kappa shape index (κ1) is 17.0. The highest BCUT2D eigenvalue weighted by molar-refractivity contribution is 5.33. The normalized spacial score (nSPS) is 26.5. The third-order valence-corrected chi connectivity index (χ3v) is 5.74. The fraction of sp³-hybridized carbons (Fsp3) is 0.250. The van der Waals surface area contributed by atoms with Crippen LogP contribution in [0.15, 0.2) is 91.0 Å². The predicted octanol–water partition coefficient (Wildman–Crippen LogP) is 4.92. The van der Waals surface area contributed by atoms with Crippen molar-refractivity contribution in [2.45, 2.75) is 30.5 Å². The number of rotatable bonds is 3. The number of hydrogen-bond acceptors (Lipinski definition) is 2. The summed E-state index contributed by atoms with van der Waals surface area (Å²) in [5, 5.41) is 0. The molecule has 4 rings (SSSR count). The van der Waals surface area contributed by atoms with Crippen LogP contribution in [0.25, 0.3) is 0 Å². The minimum atomic E-state index is 0.115. The Morgan fingerprint density at radius 2 is 1.15 bits per heavy atom. The van der Waals surface area contributed by atoms with E-state index in [0.29, 0.717) is 6.04 Å². The van der Waals surface area contributed by atoms with Crippen LogP contribution >= 0.6 is 0 Å². The van der Waals surface area contributed by atoms with Crippen molar-refractivity contribution in [2.24, 2.45) is 5.73 Å². The fourth-order valence-electron chi connectivity index (χ4n) is 4.50. The quantitative estimate of drug-likeness (QED) is 0.732. The second-order valence-corrected chi connectivity index (χ2v) is 7.28. The lowest BCUT2D eigenvalue weighted by atomic mass is 9.74. The monoisotopic (exact) mass is 342 g/mol. The van der Waals surface area contributed by atoms with Crippen LogP contribution in [0.3, 0.4) is 0 Å². The first-order chi connectivity index (χ1) is 12.8. The lowest BCUT2D eigenvalue weighted by molar-refractivity contribution is 0.0800. The van der Waals surface area contributed by atoms with Gasteiger partial charge in [0.15, 0.2) is 0 Å². The van der Waals surface area contributed by atoms with Crippen LogP contribution in [0.4, 0.5) is 0 Å². The Balaban J connectivity index is 1.78. The Labute approximate surface area is 156 Å². The van der Waals surface area contributed by atoms with Gasteiger partial charge in [0.25, 0.3) is 0 Å². The second-order valence-electron chi connectivity index (χ2n) is 7.28. The standard InChI is InChI=1S/C24H26N2/c1-26-22(18-11-5-2-6-12-18)17-21(25)23(19-13-7-3-8-14-19)24(26)20-15-9-4-10-16-20/h2-16,21-24H,17,25H2,1H3. The first-order valence-corrected chi connectivity index (χ1v) is 9.38. The molecule has 1 aliphatic heterocycles. The summed E-state index contributed by atoms with van der Waals surface area (Å²) in [6, 6.07) is 33.0. The summed E-state index contributed by atoms with van der Waals surface area (Å²) in [6.45, 7) is 0. The summed E-state index contributed by atoms with van der Waals surface area (Å²) in [7, 11) is 2.25. The van der Waals surface area contributed by atoms with E-state index in [1.165, 1.54) is 16.7 Å². The molecular weight excluding hydrogens is 316 g/mol. The van der Waals surface area contributed by atoms with E-state index in [1.807, 2.05) is 0 Å². The third kappa shape index (κ3) is 3.18. The molecule has 3 aromatic rings. The van der Waals surface area contributed by atoms with Gasteiger partial charge in [-0.1, -0.05) is 91.0 Å². The number of hydrogen-bond donors (Lipinski definition) is 1. The van der Waals surface area contributed by atoms with Gasteiger partial charge < -0.3 is 5.73 Å². The zero-order valence-corrected chi connectivity index (χ0v) is 15.2. The smallest absolute Gasteiger partial charge is 0.0434 e. The minimum absolute atomic E-state index is 0.115. The van der Waals surface area contributed by atoms with Gasteiger partial charge in [0.1, 0.15) is 0 Å². The molecule has 0 aliphatic carbocycles. The van der Waals surface area contributed by atoms with E-state index in [2.05, 4.69) is 103 Å². The van der Waals surface area contributed by atoms with Crippen LogP contribution in [0.1, 0.15) is 41.1 Å². The van der Waals surface area contributed by atoms with Gasteiger partial charge in [-0.25, -0.2) is 0 Å². The number of nitrogens with two attached hydrogens (primary N) is 1. The molecule has 3 aromatic carbocycles. The summed E-state index contributed by atoms with van der Waals surface area (Å²) < 4.78 is 0. The Morgan fingerprint density at radius 3 is 1.69 bits per heavy atom. The highest BCUT2D eigenvalue weighted by Crippen LogP contribution is 2.47. The van der Waals surface area contributed by atoms with Crippen molar-refractivity contribution in [3.05, 3.63) is 108 Å². The lowest BCUT2D eigenvalue weighted by Crippen LogP contribution is -2.47. The number of likely N-dealkylation sites (tertiary alicyclic amines) is 1. The van der Waals surface area contributed by atoms with Gasteiger partial charge in [-0.15, -0.1) is 0 Å². The summed E-state index contributed by atoms with van der Waals surface area (Å²) in [5.41, 5.74) is 10.8. The van der Waals surface area contributed by atoms with Gasteiger partial charge in [0.05, 0.1) is 0 Å². The third-order valence-electron chi connectivity index (χ3n) is 5.74. The van der Waals surface area contributed by atoms with Crippen LogP contribution in [0.2, 0.25) is 0 Å². The molecule has 2 nitrogen and oxygen atoms in total. The molecule has 26 heavy (non-hydrogen) atoms. The highest BCUT2D eigenvalue weighted by atomic mass is 15.2. The van der Waals surface area contributed by atoms with Crippen molar-refractivity contribution in [3.8, 4) is 0 Å². The largest absolute Gasteiger partial charge is 0.327 e. The van der Waals surface area contributed by atoms with E-state index in [-0.39, 0.29) is 18.0 Å². The van der Waals surface area contributed by atoms with Gasteiger partial charge in [-0.3, -0.25) is 4.90 Å². The average Bonchev–Trinajstić information content (AvgIpc) is 2.71. The molecule has 0 spiro atoms. The van der Waals surface area contributed by atoms with Crippen molar-refractivity contribution in [2.75, 3.05) is 7.05 Å². The molecule has 0 aromatic heterocycles. The summed E-state index contributed by atoms with van der Waals surface area (Å²) >= 11 is 0. The van der Waals surface area contributed by atoms with E-state index in [0.717, 1.165) is 6.42 Å². The Morgan fingerprint density at radius 1 is 0.692 bits per heavy atom. The molecular formula is C24H26N2. The van der Waals surface area contributed by atoms with Crippen molar-refractivity contribution in [1.29, 1.82) is 0 Å². The van der Waals surface area contributed by atoms with Crippen molar-refractivity contribution >= 4 is 0 Å². The maximum atomic E-state index is 6.80. The zero-order chi connectivity index (χ0) is 17.9. The van der Waals surface area contributed by atoms with E-state index >= 15 is 0 Å². The predicted molar refractivity (Wildman–Crippen MR) is 108 cm³/mol. The maximum absolute atomic E-state index is 6.80. The average molecular weight is 342 g/mol. The van der Waals surface area contributed by atoms with Crippen molar-refractivity contribution in [3.63, 3.8) is 0 Å². The van der Waals surface area contributed by atoms with Gasteiger partial charge in [0, 0.05) is 24.0 Å². The number of benzene rings is 3. The molecule has 4 atom stereocenters. The molecule has 1 fully saturated rings. The van der Waals surface area contributed by atoms with Crippen molar-refractivity contribution in [1.82, 2.24) is 4.90 Å². The SMILES string of the molecule is CN1C(c2ccccc2)CC(N)C(c2ccccc2)C1c1ccccc1. The lowest BCUT2D eigenvalue weighted by Gasteiger charge is -2.48. The molecule has 0 bridgehead atoms. The molecule has 0 saturated carbocycles. The van der Waals surface area contributed by atoms with Gasteiger partial charge in [-0.05, 0) is 30.2 Å². The fourth-order valence-corrected chi connectivity index (χ4v) is 4.50. The molecule has 2 heteroatoms. The molecule has 2 N–H and O–H groups in total. The second kappa shape index (κ2) is 7.45. The molecule has 1 aliphatic rings. The van der Waals surface area contributed by atoms with Crippen LogP contribution in [0, 0.1) is 0 Å². The Kier molecular flexibility index (Phi) is 4.87. The molecule has 132 valence electrons. The van der Waals surface area contributed by atoms with Gasteiger partial charge >= 0.3 is 0 Å². The molecule has 1 heterocycles. The number of likely N-dealkylation sites (N-methyl/N-ethyl adjacent to an activating group) is 1. The van der Waals surface area contributed by atoms with Crippen LogP contribution < -0.4 is 5.73 Å². The summed E-state index contributed by atoms with van der Waals surface area (Å²) in [6.07, 6.45) is 0.962. The highest BCUT2D eigenvalue weighted by Gasteiger charge is 2.41. The first-order valence-electron chi connectivity index (χ1n) is 9.38. The maximum Gasteiger partial charge on any atom is 0.0434 e. The van der Waals surface area contributed by atoms with Crippen LogP contribution in [-0.4, -0.2) is 18.0 Å². The summed E-state index contributed by atoms with van der Waals surface area (Å²) in [5.74, 6) is 0.281. The molecule has 1 saturated heterocycles. The molecule has 0 radical (unpaired) electrons. The molecule has 0 amide bonds. The minimum Gasteiger partial charge on any atom is -0.327 e. The zero-order valence-electron chi connectivity index (χ0n) is 15.2. The van der Waals surface area contributed by atoms with Crippen molar-refractivity contribution < 1.29 is 0 Å². The van der Waals surface area contributed by atoms with E-state index < -0.39 is 0 Å². The summed E-state index contributed by atoms with van der Waals surface area (Å²) in [4.78, 5) is 2.52.